The lowest BCUT2D eigenvalue weighted by Gasteiger charge is -2.07. The van der Waals surface area contributed by atoms with Crippen molar-refractivity contribution in [3.05, 3.63) is 50.4 Å². The fourth-order valence-corrected chi connectivity index (χ4v) is 2.34. The number of H-pyrrole nitrogens is 1. The zero-order valence-corrected chi connectivity index (χ0v) is 11.6. The summed E-state index contributed by atoms with van der Waals surface area (Å²) in [5, 5.41) is 0.901. The van der Waals surface area contributed by atoms with E-state index in [9.17, 15) is 4.79 Å². The molecule has 0 saturated carbocycles. The van der Waals surface area contributed by atoms with E-state index in [4.69, 9.17) is 28.9 Å². The van der Waals surface area contributed by atoms with Crippen molar-refractivity contribution in [3.63, 3.8) is 0 Å². The molecule has 0 saturated heterocycles. The second-order valence-corrected chi connectivity index (χ2v) is 4.89. The lowest BCUT2D eigenvalue weighted by molar-refractivity contribution is 0.804. The number of rotatable bonds is 4. The average Bonchev–Trinajstić information content (AvgIpc) is 2.35. The Balaban J connectivity index is 2.50. The minimum absolute atomic E-state index is 0.229. The molecule has 0 radical (unpaired) electrons. The minimum atomic E-state index is -0.229. The van der Waals surface area contributed by atoms with Crippen LogP contribution in [0.25, 0.3) is 11.4 Å². The molecule has 0 aliphatic rings. The van der Waals surface area contributed by atoms with Crippen molar-refractivity contribution in [1.29, 1.82) is 0 Å². The molecule has 6 heteroatoms. The van der Waals surface area contributed by atoms with Gasteiger partial charge in [0.15, 0.2) is 0 Å². The van der Waals surface area contributed by atoms with Crippen molar-refractivity contribution in [2.24, 2.45) is 5.73 Å². The Labute approximate surface area is 120 Å². The van der Waals surface area contributed by atoms with Gasteiger partial charge in [-0.3, -0.25) is 4.79 Å². The number of aryl methyl sites for hydroxylation is 1. The first-order chi connectivity index (χ1) is 9.11. The monoisotopic (exact) mass is 297 g/mol. The van der Waals surface area contributed by atoms with E-state index in [1.165, 1.54) is 6.07 Å². The van der Waals surface area contributed by atoms with Crippen LogP contribution in [0.3, 0.4) is 0 Å². The summed E-state index contributed by atoms with van der Waals surface area (Å²) in [7, 11) is 0. The molecule has 0 amide bonds. The maximum absolute atomic E-state index is 11.7. The number of aromatic nitrogens is 2. The lowest BCUT2D eigenvalue weighted by atomic mass is 10.2. The van der Waals surface area contributed by atoms with Gasteiger partial charge in [0.25, 0.3) is 5.56 Å². The van der Waals surface area contributed by atoms with Crippen LogP contribution >= 0.6 is 23.2 Å². The van der Waals surface area contributed by atoms with Gasteiger partial charge in [-0.15, -0.1) is 0 Å². The molecular weight excluding hydrogens is 285 g/mol. The van der Waals surface area contributed by atoms with Gasteiger partial charge in [0.2, 0.25) is 0 Å². The van der Waals surface area contributed by atoms with E-state index in [-0.39, 0.29) is 5.56 Å². The molecule has 0 aliphatic carbocycles. The normalized spacial score (nSPS) is 10.7. The molecule has 3 N–H and O–H groups in total. The molecule has 0 unspecified atom stereocenters. The van der Waals surface area contributed by atoms with E-state index in [1.807, 2.05) is 0 Å². The van der Waals surface area contributed by atoms with Gasteiger partial charge in [-0.2, -0.15) is 0 Å². The molecule has 0 fully saturated rings. The summed E-state index contributed by atoms with van der Waals surface area (Å²) in [6.45, 7) is 0.552. The summed E-state index contributed by atoms with van der Waals surface area (Å²) in [4.78, 5) is 18.7. The van der Waals surface area contributed by atoms with Gasteiger partial charge < -0.3 is 10.7 Å². The number of nitrogens with one attached hydrogen (secondary N) is 1. The molecule has 2 rings (SSSR count). The van der Waals surface area contributed by atoms with E-state index in [0.29, 0.717) is 40.1 Å². The molecule has 2 aromatic rings. The van der Waals surface area contributed by atoms with Crippen molar-refractivity contribution in [2.45, 2.75) is 12.8 Å². The SMILES string of the molecule is NCCCc1cc(=O)[nH]c(-c2c(Cl)cccc2Cl)n1. The number of nitrogens with zero attached hydrogens (tertiary/aromatic N) is 1. The lowest BCUT2D eigenvalue weighted by Crippen LogP contribution is -2.12. The third-order valence-electron chi connectivity index (χ3n) is 2.63. The molecule has 1 heterocycles. The first kappa shape index (κ1) is 14.1. The largest absolute Gasteiger partial charge is 0.330 e. The van der Waals surface area contributed by atoms with Crippen LogP contribution in [0.1, 0.15) is 12.1 Å². The Morgan fingerprint density at radius 3 is 2.58 bits per heavy atom. The van der Waals surface area contributed by atoms with Crippen LogP contribution in [0.5, 0.6) is 0 Å². The fourth-order valence-electron chi connectivity index (χ4n) is 1.76. The Hall–Kier alpha value is -1.36. The van der Waals surface area contributed by atoms with Crippen LogP contribution in [-0.4, -0.2) is 16.5 Å². The summed E-state index contributed by atoms with van der Waals surface area (Å²) < 4.78 is 0. The highest BCUT2D eigenvalue weighted by Gasteiger charge is 2.11. The van der Waals surface area contributed by atoms with Crippen molar-refractivity contribution in [2.75, 3.05) is 6.54 Å². The number of hydrogen-bond acceptors (Lipinski definition) is 3. The number of nitrogens with two attached hydrogens (primary N) is 1. The molecule has 1 aromatic carbocycles. The molecule has 0 aliphatic heterocycles. The van der Waals surface area contributed by atoms with Crippen molar-refractivity contribution < 1.29 is 0 Å². The standard InChI is InChI=1S/C13H13Cl2N3O/c14-9-4-1-5-10(15)12(9)13-17-8(3-2-6-16)7-11(19)18-13/h1,4-5,7H,2-3,6,16H2,(H,17,18,19). The number of hydrogen-bond donors (Lipinski definition) is 2. The van der Waals surface area contributed by atoms with E-state index >= 15 is 0 Å². The van der Waals surface area contributed by atoms with Crippen LogP contribution in [0.4, 0.5) is 0 Å². The zero-order valence-electron chi connectivity index (χ0n) is 10.1. The summed E-state index contributed by atoms with van der Waals surface area (Å²) in [6.07, 6.45) is 1.42. The second-order valence-electron chi connectivity index (χ2n) is 4.07. The zero-order chi connectivity index (χ0) is 13.8. The third-order valence-corrected chi connectivity index (χ3v) is 3.26. The Bertz CT molecular complexity index is 620. The summed E-state index contributed by atoms with van der Waals surface area (Å²) >= 11 is 12.2. The first-order valence-corrected chi connectivity index (χ1v) is 6.62. The Morgan fingerprint density at radius 2 is 1.95 bits per heavy atom. The van der Waals surface area contributed by atoms with Crippen LogP contribution in [0.15, 0.2) is 29.1 Å². The molecule has 1 aromatic heterocycles. The molecular formula is C13H13Cl2N3O. The molecule has 0 atom stereocenters. The average molecular weight is 298 g/mol. The highest BCUT2D eigenvalue weighted by atomic mass is 35.5. The second kappa shape index (κ2) is 6.19. The van der Waals surface area contributed by atoms with Gasteiger partial charge in [-0.05, 0) is 31.5 Å². The van der Waals surface area contributed by atoms with Crippen molar-refractivity contribution in [1.82, 2.24) is 9.97 Å². The third kappa shape index (κ3) is 3.35. The van der Waals surface area contributed by atoms with Gasteiger partial charge in [0.1, 0.15) is 5.82 Å². The number of benzene rings is 1. The van der Waals surface area contributed by atoms with Gasteiger partial charge >= 0.3 is 0 Å². The summed E-state index contributed by atoms with van der Waals surface area (Å²) in [5.41, 5.74) is 6.45. The quantitative estimate of drug-likeness (QED) is 0.911. The maximum atomic E-state index is 11.7. The minimum Gasteiger partial charge on any atom is -0.330 e. The van der Waals surface area contributed by atoms with Gasteiger partial charge in [0, 0.05) is 11.8 Å². The van der Waals surface area contributed by atoms with E-state index in [2.05, 4.69) is 9.97 Å². The summed E-state index contributed by atoms with van der Waals surface area (Å²) in [5.74, 6) is 0.384. The van der Waals surface area contributed by atoms with Crippen LogP contribution in [0.2, 0.25) is 10.0 Å². The van der Waals surface area contributed by atoms with Crippen LogP contribution in [-0.2, 0) is 6.42 Å². The van der Waals surface area contributed by atoms with Crippen molar-refractivity contribution in [3.8, 4) is 11.4 Å². The predicted octanol–water partition coefficient (Wildman–Crippen LogP) is 2.64. The topological polar surface area (TPSA) is 71.8 Å². The van der Waals surface area contributed by atoms with Gasteiger partial charge in [-0.25, -0.2) is 4.98 Å². The number of aromatic amines is 1. The highest BCUT2D eigenvalue weighted by Crippen LogP contribution is 2.31. The summed E-state index contributed by atoms with van der Waals surface area (Å²) in [6, 6.07) is 6.61. The Kier molecular flexibility index (Phi) is 4.58. The highest BCUT2D eigenvalue weighted by molar-refractivity contribution is 6.38. The molecule has 19 heavy (non-hydrogen) atoms. The molecule has 100 valence electrons. The predicted molar refractivity (Wildman–Crippen MR) is 77.7 cm³/mol. The van der Waals surface area contributed by atoms with Gasteiger partial charge in [0.05, 0.1) is 15.6 Å². The van der Waals surface area contributed by atoms with Crippen molar-refractivity contribution >= 4 is 23.2 Å². The van der Waals surface area contributed by atoms with Crippen LogP contribution < -0.4 is 11.3 Å². The van der Waals surface area contributed by atoms with E-state index in [1.54, 1.807) is 18.2 Å². The van der Waals surface area contributed by atoms with E-state index in [0.717, 1.165) is 6.42 Å². The maximum Gasteiger partial charge on any atom is 0.251 e. The van der Waals surface area contributed by atoms with Gasteiger partial charge in [-0.1, -0.05) is 29.3 Å². The van der Waals surface area contributed by atoms with Crippen LogP contribution in [0, 0.1) is 0 Å². The van der Waals surface area contributed by atoms with E-state index < -0.39 is 0 Å². The molecule has 0 bridgehead atoms. The first-order valence-electron chi connectivity index (χ1n) is 5.86. The molecule has 4 nitrogen and oxygen atoms in total. The Morgan fingerprint density at radius 1 is 1.26 bits per heavy atom. The smallest absolute Gasteiger partial charge is 0.251 e. The number of halogens is 2. The fraction of sp³-hybridized carbons (Fsp3) is 0.231. The molecule has 0 spiro atoms.